The lowest BCUT2D eigenvalue weighted by atomic mass is 10.0. The van der Waals surface area contributed by atoms with Crippen LogP contribution in [0, 0.1) is 11.6 Å². The van der Waals surface area contributed by atoms with E-state index in [0.717, 1.165) is 18.9 Å². The molecule has 0 amide bonds. The molecule has 1 atom stereocenters. The van der Waals surface area contributed by atoms with Gasteiger partial charge in [-0.15, -0.1) is 0 Å². The molecule has 1 nitrogen and oxygen atoms in total. The van der Waals surface area contributed by atoms with E-state index in [1.54, 1.807) is 11.3 Å². The third-order valence-electron chi connectivity index (χ3n) is 2.70. The molecule has 17 heavy (non-hydrogen) atoms. The molecular formula is C13H13F2NS. The van der Waals surface area contributed by atoms with Crippen molar-refractivity contribution < 1.29 is 8.78 Å². The molecule has 0 aliphatic rings. The van der Waals surface area contributed by atoms with Crippen molar-refractivity contribution in [3.8, 4) is 0 Å². The molecule has 90 valence electrons. The van der Waals surface area contributed by atoms with Gasteiger partial charge in [0.1, 0.15) is 0 Å². The molecule has 0 aliphatic heterocycles. The molecular weight excluding hydrogens is 240 g/mol. The summed E-state index contributed by atoms with van der Waals surface area (Å²) in [5.74, 6) is -1.67. The Labute approximate surface area is 103 Å². The Morgan fingerprint density at radius 3 is 2.65 bits per heavy atom. The average Bonchev–Trinajstić information content (AvgIpc) is 2.82. The number of hydrogen-bond donors (Lipinski definition) is 1. The Hall–Kier alpha value is -1.26. The number of halogens is 2. The summed E-state index contributed by atoms with van der Waals surface area (Å²) in [4.78, 5) is 0. The molecule has 1 aromatic heterocycles. The standard InChI is InChI=1S/C13H13F2NS/c14-11-3-2-10(7-12(11)15)13(16)4-1-9-5-6-17-8-9/h2-3,5-8,13H,1,4,16H2. The second-order valence-corrected chi connectivity index (χ2v) is 4.73. The quantitative estimate of drug-likeness (QED) is 0.884. The van der Waals surface area contributed by atoms with E-state index < -0.39 is 11.6 Å². The summed E-state index contributed by atoms with van der Waals surface area (Å²) < 4.78 is 25.8. The second kappa shape index (κ2) is 5.38. The first-order chi connectivity index (χ1) is 8.16. The smallest absolute Gasteiger partial charge is 0.159 e. The van der Waals surface area contributed by atoms with E-state index in [0.29, 0.717) is 5.56 Å². The van der Waals surface area contributed by atoms with Gasteiger partial charge in [0, 0.05) is 6.04 Å². The maximum atomic E-state index is 13.0. The zero-order valence-electron chi connectivity index (χ0n) is 9.20. The lowest BCUT2D eigenvalue weighted by Crippen LogP contribution is -2.11. The summed E-state index contributed by atoms with van der Waals surface area (Å²) in [6.07, 6.45) is 1.57. The number of rotatable bonds is 4. The first-order valence-corrected chi connectivity index (χ1v) is 6.32. The van der Waals surface area contributed by atoms with Crippen LogP contribution in [0.4, 0.5) is 8.78 Å². The van der Waals surface area contributed by atoms with Gasteiger partial charge in [-0.2, -0.15) is 11.3 Å². The summed E-state index contributed by atoms with van der Waals surface area (Å²) >= 11 is 1.64. The fourth-order valence-electron chi connectivity index (χ4n) is 1.67. The number of benzene rings is 1. The normalized spacial score (nSPS) is 12.6. The van der Waals surface area contributed by atoms with Crippen LogP contribution in [0.25, 0.3) is 0 Å². The predicted octanol–water partition coefficient (Wildman–Crippen LogP) is 3.66. The van der Waals surface area contributed by atoms with Crippen LogP contribution in [0.3, 0.4) is 0 Å². The van der Waals surface area contributed by atoms with Crippen molar-refractivity contribution >= 4 is 11.3 Å². The minimum atomic E-state index is -0.839. The number of nitrogens with two attached hydrogens (primary N) is 1. The molecule has 1 heterocycles. The zero-order valence-corrected chi connectivity index (χ0v) is 10.0. The van der Waals surface area contributed by atoms with Crippen LogP contribution in [0.5, 0.6) is 0 Å². The summed E-state index contributed by atoms with van der Waals surface area (Å²) in [5.41, 5.74) is 7.81. The van der Waals surface area contributed by atoms with E-state index in [1.165, 1.54) is 17.7 Å². The van der Waals surface area contributed by atoms with Gasteiger partial charge >= 0.3 is 0 Å². The highest BCUT2D eigenvalue weighted by Gasteiger charge is 2.09. The van der Waals surface area contributed by atoms with E-state index in [2.05, 4.69) is 5.38 Å². The Morgan fingerprint density at radius 1 is 1.18 bits per heavy atom. The molecule has 0 aliphatic carbocycles. The van der Waals surface area contributed by atoms with Gasteiger partial charge in [-0.25, -0.2) is 8.78 Å². The number of thiophene rings is 1. The molecule has 2 N–H and O–H groups in total. The van der Waals surface area contributed by atoms with Gasteiger partial charge in [0.15, 0.2) is 11.6 Å². The lowest BCUT2D eigenvalue weighted by Gasteiger charge is -2.11. The molecule has 0 fully saturated rings. The minimum Gasteiger partial charge on any atom is -0.324 e. The highest BCUT2D eigenvalue weighted by Crippen LogP contribution is 2.19. The Morgan fingerprint density at radius 2 is 2.00 bits per heavy atom. The van der Waals surface area contributed by atoms with Crippen LogP contribution in [0.2, 0.25) is 0 Å². The molecule has 0 saturated carbocycles. The molecule has 1 aromatic carbocycles. The van der Waals surface area contributed by atoms with E-state index >= 15 is 0 Å². The van der Waals surface area contributed by atoms with Gasteiger partial charge in [-0.05, 0) is 52.9 Å². The Balaban J connectivity index is 1.99. The molecule has 4 heteroatoms. The third kappa shape index (κ3) is 3.11. The van der Waals surface area contributed by atoms with Crippen molar-refractivity contribution in [3.63, 3.8) is 0 Å². The lowest BCUT2D eigenvalue weighted by molar-refractivity contribution is 0.504. The Kier molecular flexibility index (Phi) is 3.86. The van der Waals surface area contributed by atoms with Crippen LogP contribution in [-0.4, -0.2) is 0 Å². The molecule has 1 unspecified atom stereocenters. The van der Waals surface area contributed by atoms with Crippen LogP contribution < -0.4 is 5.73 Å². The van der Waals surface area contributed by atoms with Gasteiger partial charge in [0.05, 0.1) is 0 Å². The molecule has 2 aromatic rings. The van der Waals surface area contributed by atoms with Crippen molar-refractivity contribution in [3.05, 3.63) is 57.8 Å². The van der Waals surface area contributed by atoms with Crippen molar-refractivity contribution in [2.24, 2.45) is 5.73 Å². The first-order valence-electron chi connectivity index (χ1n) is 5.38. The summed E-state index contributed by atoms with van der Waals surface area (Å²) in [5, 5.41) is 4.08. The van der Waals surface area contributed by atoms with Crippen molar-refractivity contribution in [1.82, 2.24) is 0 Å². The van der Waals surface area contributed by atoms with Crippen molar-refractivity contribution in [1.29, 1.82) is 0 Å². The van der Waals surface area contributed by atoms with E-state index in [9.17, 15) is 8.78 Å². The third-order valence-corrected chi connectivity index (χ3v) is 3.43. The zero-order chi connectivity index (χ0) is 12.3. The topological polar surface area (TPSA) is 26.0 Å². The van der Waals surface area contributed by atoms with Crippen LogP contribution in [0.1, 0.15) is 23.6 Å². The van der Waals surface area contributed by atoms with Crippen molar-refractivity contribution in [2.45, 2.75) is 18.9 Å². The predicted molar refractivity (Wildman–Crippen MR) is 65.9 cm³/mol. The maximum Gasteiger partial charge on any atom is 0.159 e. The van der Waals surface area contributed by atoms with Crippen LogP contribution in [0.15, 0.2) is 35.0 Å². The van der Waals surface area contributed by atoms with Gasteiger partial charge in [0.2, 0.25) is 0 Å². The maximum absolute atomic E-state index is 13.0. The fraction of sp³-hybridized carbons (Fsp3) is 0.231. The first kappa shape index (κ1) is 12.2. The summed E-state index contributed by atoms with van der Waals surface area (Å²) in [6.45, 7) is 0. The highest BCUT2D eigenvalue weighted by molar-refractivity contribution is 7.07. The van der Waals surface area contributed by atoms with Gasteiger partial charge in [-0.3, -0.25) is 0 Å². The average molecular weight is 253 g/mol. The van der Waals surface area contributed by atoms with Gasteiger partial charge in [0.25, 0.3) is 0 Å². The minimum absolute atomic E-state index is 0.259. The monoisotopic (exact) mass is 253 g/mol. The van der Waals surface area contributed by atoms with Crippen LogP contribution >= 0.6 is 11.3 Å². The number of aryl methyl sites for hydroxylation is 1. The largest absolute Gasteiger partial charge is 0.324 e. The van der Waals surface area contributed by atoms with E-state index in [4.69, 9.17) is 5.73 Å². The van der Waals surface area contributed by atoms with Crippen molar-refractivity contribution in [2.75, 3.05) is 0 Å². The number of hydrogen-bond acceptors (Lipinski definition) is 2. The summed E-state index contributed by atoms with van der Waals surface area (Å²) in [7, 11) is 0. The van der Waals surface area contributed by atoms with E-state index in [-0.39, 0.29) is 6.04 Å². The van der Waals surface area contributed by atoms with Crippen LogP contribution in [-0.2, 0) is 6.42 Å². The molecule has 0 saturated heterocycles. The fourth-order valence-corrected chi connectivity index (χ4v) is 2.37. The molecule has 0 bridgehead atoms. The molecule has 2 rings (SSSR count). The van der Waals surface area contributed by atoms with Gasteiger partial charge < -0.3 is 5.73 Å². The van der Waals surface area contributed by atoms with Gasteiger partial charge in [-0.1, -0.05) is 6.07 Å². The molecule has 0 radical (unpaired) electrons. The second-order valence-electron chi connectivity index (χ2n) is 3.95. The summed E-state index contributed by atoms with van der Waals surface area (Å²) in [6, 6.07) is 5.62. The van der Waals surface area contributed by atoms with E-state index in [1.807, 2.05) is 11.4 Å². The SMILES string of the molecule is NC(CCc1ccsc1)c1ccc(F)c(F)c1. The highest BCUT2D eigenvalue weighted by atomic mass is 32.1. The molecule has 0 spiro atoms. The Bertz CT molecular complexity index is 482.